The third-order valence-corrected chi connectivity index (χ3v) is 5.01. The number of hydrogen-bond acceptors (Lipinski definition) is 3. The van der Waals surface area contributed by atoms with Gasteiger partial charge < -0.3 is 9.47 Å². The summed E-state index contributed by atoms with van der Waals surface area (Å²) < 4.78 is 23.8. The summed E-state index contributed by atoms with van der Waals surface area (Å²) in [4.78, 5) is 0. The van der Waals surface area contributed by atoms with Gasteiger partial charge >= 0.3 is 0 Å². The van der Waals surface area contributed by atoms with Gasteiger partial charge in [0.1, 0.15) is 17.2 Å². The smallest absolute Gasteiger partial charge is 0.131 e. The zero-order valence-corrected chi connectivity index (χ0v) is 14.9. The highest BCUT2D eigenvalue weighted by atomic mass is 32.2. The van der Waals surface area contributed by atoms with Crippen molar-refractivity contribution in [3.63, 3.8) is 0 Å². The third kappa shape index (κ3) is 4.94. The van der Waals surface area contributed by atoms with Gasteiger partial charge in [0.2, 0.25) is 0 Å². The lowest BCUT2D eigenvalue weighted by Gasteiger charge is -2.11. The van der Waals surface area contributed by atoms with Crippen LogP contribution < -0.4 is 9.47 Å². The lowest BCUT2D eigenvalue weighted by atomic mass is 10.2. The highest BCUT2D eigenvalue weighted by molar-refractivity contribution is 7.83. The van der Waals surface area contributed by atoms with Crippen LogP contribution in [0, 0.1) is 0 Å². The molecule has 0 aliphatic rings. The van der Waals surface area contributed by atoms with E-state index in [1.165, 1.54) is 0 Å². The molecule has 3 aromatic carbocycles. The quantitative estimate of drug-likeness (QED) is 0.604. The molecule has 4 heteroatoms. The van der Waals surface area contributed by atoms with Gasteiger partial charge in [0, 0.05) is 22.1 Å². The van der Waals surface area contributed by atoms with Crippen molar-refractivity contribution >= 4 is 10.8 Å². The van der Waals surface area contributed by atoms with Crippen molar-refractivity contribution in [2.45, 2.75) is 11.5 Å². The molecule has 0 heterocycles. The van der Waals surface area contributed by atoms with E-state index in [9.17, 15) is 4.21 Å². The second-order valence-corrected chi connectivity index (χ2v) is 7.06. The van der Waals surface area contributed by atoms with Gasteiger partial charge in [-0.25, -0.2) is 0 Å². The molecule has 0 bridgehead atoms. The number of methoxy groups -OCH3 is 1. The Kier molecular flexibility index (Phi) is 5.86. The number of para-hydroxylation sites is 2. The Hall–Kier alpha value is -2.59. The predicted octanol–water partition coefficient (Wildman–Crippen LogP) is 4.94. The average Bonchev–Trinajstić information content (AvgIpc) is 2.64. The maximum Gasteiger partial charge on any atom is 0.131 e. The fourth-order valence-electron chi connectivity index (χ4n) is 2.51. The molecule has 0 spiro atoms. The first kappa shape index (κ1) is 17.2. The van der Waals surface area contributed by atoms with E-state index in [1.807, 2.05) is 78.9 Å². The van der Waals surface area contributed by atoms with Crippen LogP contribution in [0.5, 0.6) is 17.2 Å². The zero-order valence-electron chi connectivity index (χ0n) is 14.1. The van der Waals surface area contributed by atoms with Crippen LogP contribution in [0.2, 0.25) is 0 Å². The summed E-state index contributed by atoms with van der Waals surface area (Å²) >= 11 is 0. The summed E-state index contributed by atoms with van der Waals surface area (Å²) in [6, 6.07) is 25.0. The molecule has 0 saturated carbocycles. The summed E-state index contributed by atoms with van der Waals surface area (Å²) in [5.41, 5.74) is 1.94. The van der Waals surface area contributed by atoms with E-state index in [1.54, 1.807) is 7.11 Å². The summed E-state index contributed by atoms with van der Waals surface area (Å²) in [6.45, 7) is 0. The van der Waals surface area contributed by atoms with Gasteiger partial charge in [-0.3, -0.25) is 4.21 Å². The van der Waals surface area contributed by atoms with Crippen molar-refractivity contribution in [3.05, 3.63) is 90.0 Å². The first-order valence-corrected chi connectivity index (χ1v) is 9.52. The van der Waals surface area contributed by atoms with Crippen LogP contribution in [-0.4, -0.2) is 11.3 Å². The average molecular weight is 352 g/mol. The van der Waals surface area contributed by atoms with Gasteiger partial charge in [-0.15, -0.1) is 0 Å². The van der Waals surface area contributed by atoms with Crippen molar-refractivity contribution in [3.8, 4) is 17.2 Å². The number of benzene rings is 3. The molecule has 0 radical (unpaired) electrons. The Morgan fingerprint density at radius 3 is 2.32 bits per heavy atom. The monoisotopic (exact) mass is 352 g/mol. The minimum absolute atomic E-state index is 0.445. The molecule has 1 unspecified atom stereocenters. The Morgan fingerprint density at radius 1 is 0.800 bits per heavy atom. The van der Waals surface area contributed by atoms with Crippen LogP contribution in [0.1, 0.15) is 11.1 Å². The predicted molar refractivity (Wildman–Crippen MR) is 102 cm³/mol. The van der Waals surface area contributed by atoms with Crippen molar-refractivity contribution in [2.75, 3.05) is 7.11 Å². The maximum atomic E-state index is 12.6. The summed E-state index contributed by atoms with van der Waals surface area (Å²) in [5, 5.41) is 0. The highest BCUT2D eigenvalue weighted by Gasteiger charge is 2.10. The molecular formula is C21H20O3S. The van der Waals surface area contributed by atoms with Crippen LogP contribution in [0.15, 0.2) is 78.9 Å². The molecule has 0 aromatic heterocycles. The molecule has 0 amide bonds. The normalized spacial score (nSPS) is 11.7. The Bertz CT molecular complexity index is 847. The summed E-state index contributed by atoms with van der Waals surface area (Å²) in [6.07, 6.45) is 0. The van der Waals surface area contributed by atoms with Gasteiger partial charge in [-0.2, -0.15) is 0 Å². The zero-order chi connectivity index (χ0) is 17.5. The van der Waals surface area contributed by atoms with Gasteiger partial charge in [-0.1, -0.05) is 48.5 Å². The van der Waals surface area contributed by atoms with E-state index in [4.69, 9.17) is 9.47 Å². The molecule has 3 rings (SSSR count). The highest BCUT2D eigenvalue weighted by Crippen LogP contribution is 2.26. The fraction of sp³-hybridized carbons (Fsp3) is 0.143. The second-order valence-electron chi connectivity index (χ2n) is 5.60. The summed E-state index contributed by atoms with van der Waals surface area (Å²) in [7, 11) is 0.596. The lowest BCUT2D eigenvalue weighted by Crippen LogP contribution is -2.01. The molecule has 0 fully saturated rings. The van der Waals surface area contributed by atoms with Crippen LogP contribution in [0.25, 0.3) is 0 Å². The Morgan fingerprint density at radius 2 is 1.52 bits per heavy atom. The van der Waals surface area contributed by atoms with Crippen molar-refractivity contribution < 1.29 is 13.7 Å². The lowest BCUT2D eigenvalue weighted by molar-refractivity contribution is 0.414. The standard InChI is InChI=1S/C21H20O3S/c1-23-20-12-7-8-17(14-20)15-25(22)16-18-9-5-6-13-21(18)24-19-10-3-2-4-11-19/h2-14H,15-16H2,1H3. The molecule has 3 nitrogen and oxygen atoms in total. The SMILES string of the molecule is COc1cccc(CS(=O)Cc2ccccc2Oc2ccccc2)c1. The van der Waals surface area contributed by atoms with Gasteiger partial charge in [-0.05, 0) is 35.9 Å². The van der Waals surface area contributed by atoms with E-state index >= 15 is 0 Å². The van der Waals surface area contributed by atoms with Gasteiger partial charge in [0.05, 0.1) is 12.9 Å². The first-order chi connectivity index (χ1) is 12.2. The topological polar surface area (TPSA) is 35.5 Å². The third-order valence-electron chi connectivity index (χ3n) is 3.72. The van der Waals surface area contributed by atoms with Crippen molar-refractivity contribution in [1.29, 1.82) is 0 Å². The van der Waals surface area contributed by atoms with Crippen molar-refractivity contribution in [2.24, 2.45) is 0 Å². The van der Waals surface area contributed by atoms with E-state index in [2.05, 4.69) is 0 Å². The van der Waals surface area contributed by atoms with Gasteiger partial charge in [0.15, 0.2) is 0 Å². The molecule has 0 N–H and O–H groups in total. The molecule has 25 heavy (non-hydrogen) atoms. The first-order valence-electron chi connectivity index (χ1n) is 8.03. The largest absolute Gasteiger partial charge is 0.497 e. The van der Waals surface area contributed by atoms with Crippen LogP contribution in [0.4, 0.5) is 0 Å². The Labute approximate surface area is 150 Å². The Balaban J connectivity index is 1.71. The van der Waals surface area contributed by atoms with E-state index in [0.29, 0.717) is 11.5 Å². The maximum absolute atomic E-state index is 12.6. The number of rotatable bonds is 7. The minimum atomic E-state index is -1.04. The molecule has 0 aliphatic carbocycles. The molecular weight excluding hydrogens is 332 g/mol. The minimum Gasteiger partial charge on any atom is -0.497 e. The summed E-state index contributed by atoms with van der Waals surface area (Å²) in [5.74, 6) is 3.22. The molecule has 128 valence electrons. The molecule has 3 aromatic rings. The molecule has 0 saturated heterocycles. The fourth-order valence-corrected chi connectivity index (χ4v) is 3.75. The second kappa shape index (κ2) is 8.49. The molecule has 1 atom stereocenters. The van der Waals surface area contributed by atoms with Crippen molar-refractivity contribution in [1.82, 2.24) is 0 Å². The molecule has 0 aliphatic heterocycles. The van der Waals surface area contributed by atoms with Gasteiger partial charge in [0.25, 0.3) is 0 Å². The van der Waals surface area contributed by atoms with Crippen LogP contribution in [0.3, 0.4) is 0 Å². The number of hydrogen-bond donors (Lipinski definition) is 0. The van der Waals surface area contributed by atoms with E-state index in [-0.39, 0.29) is 0 Å². The van der Waals surface area contributed by atoms with E-state index in [0.717, 1.165) is 28.4 Å². The number of ether oxygens (including phenoxy) is 2. The van der Waals surface area contributed by atoms with Crippen LogP contribution >= 0.6 is 0 Å². The van der Waals surface area contributed by atoms with Crippen LogP contribution in [-0.2, 0) is 22.3 Å². The van der Waals surface area contributed by atoms with E-state index < -0.39 is 10.8 Å².